The van der Waals surface area contributed by atoms with Crippen molar-refractivity contribution in [2.45, 2.75) is 19.9 Å². The number of hydrogen-bond acceptors (Lipinski definition) is 4. The zero-order valence-electron chi connectivity index (χ0n) is 16.9. The van der Waals surface area contributed by atoms with Gasteiger partial charge in [0.1, 0.15) is 12.3 Å². The number of nitrogens with zero attached hydrogens (tertiary/aromatic N) is 2. The Morgan fingerprint density at radius 2 is 1.83 bits per heavy atom. The molecule has 2 heterocycles. The van der Waals surface area contributed by atoms with E-state index in [1.807, 2.05) is 47.4 Å². The molecule has 0 fully saturated rings. The molecule has 154 valence electrons. The van der Waals surface area contributed by atoms with Gasteiger partial charge in [-0.3, -0.25) is 14.5 Å². The fourth-order valence-corrected chi connectivity index (χ4v) is 4.43. The second-order valence-electron chi connectivity index (χ2n) is 7.30. The van der Waals surface area contributed by atoms with Crippen LogP contribution in [-0.2, 0) is 22.6 Å². The first kappa shape index (κ1) is 20.2. The third-order valence-electron chi connectivity index (χ3n) is 5.11. The molecule has 1 aliphatic rings. The molecule has 0 spiro atoms. The maximum absolute atomic E-state index is 13.3. The summed E-state index contributed by atoms with van der Waals surface area (Å²) in [5.74, 6) is 0.369. The van der Waals surface area contributed by atoms with Gasteiger partial charge < -0.3 is 9.64 Å². The van der Waals surface area contributed by atoms with Gasteiger partial charge in [-0.25, -0.2) is 0 Å². The van der Waals surface area contributed by atoms with Crippen LogP contribution in [0.4, 0.5) is 5.69 Å². The summed E-state index contributed by atoms with van der Waals surface area (Å²) in [7, 11) is 0. The van der Waals surface area contributed by atoms with Gasteiger partial charge in [0.05, 0.1) is 12.2 Å². The topological polar surface area (TPSA) is 49.9 Å². The van der Waals surface area contributed by atoms with Gasteiger partial charge in [-0.15, -0.1) is 11.3 Å². The van der Waals surface area contributed by atoms with E-state index in [4.69, 9.17) is 4.74 Å². The maximum atomic E-state index is 13.3. The molecular formula is C24H24N2O3S. The molecule has 0 unspecified atom stereocenters. The second kappa shape index (κ2) is 9.13. The van der Waals surface area contributed by atoms with Crippen molar-refractivity contribution in [3.8, 4) is 5.75 Å². The Labute approximate surface area is 180 Å². The SMILES string of the molecule is Cc1ccc(CN(CCc2ccccc2)C(=O)CN2C(=O)COc3ccccc32)s1. The van der Waals surface area contributed by atoms with E-state index >= 15 is 0 Å². The van der Waals surface area contributed by atoms with Crippen LogP contribution in [0.1, 0.15) is 15.3 Å². The first-order valence-corrected chi connectivity index (χ1v) is 10.8. The Balaban J connectivity index is 1.52. The molecule has 2 amide bonds. The monoisotopic (exact) mass is 420 g/mol. The molecule has 0 saturated carbocycles. The quantitative estimate of drug-likeness (QED) is 0.579. The minimum absolute atomic E-state index is 0.0123. The zero-order valence-corrected chi connectivity index (χ0v) is 17.7. The smallest absolute Gasteiger partial charge is 0.265 e. The number of rotatable bonds is 7. The average molecular weight is 421 g/mol. The summed E-state index contributed by atoms with van der Waals surface area (Å²) in [4.78, 5) is 31.5. The summed E-state index contributed by atoms with van der Waals surface area (Å²) in [5.41, 5.74) is 1.84. The molecule has 4 rings (SSSR count). The zero-order chi connectivity index (χ0) is 20.9. The molecule has 1 aliphatic heterocycles. The van der Waals surface area contributed by atoms with Crippen LogP contribution < -0.4 is 9.64 Å². The lowest BCUT2D eigenvalue weighted by atomic mass is 10.1. The van der Waals surface area contributed by atoms with E-state index in [9.17, 15) is 9.59 Å². The summed E-state index contributed by atoms with van der Waals surface area (Å²) in [6.07, 6.45) is 0.768. The highest BCUT2D eigenvalue weighted by Crippen LogP contribution is 2.31. The molecule has 30 heavy (non-hydrogen) atoms. The molecule has 0 atom stereocenters. The predicted molar refractivity (Wildman–Crippen MR) is 119 cm³/mol. The van der Waals surface area contributed by atoms with E-state index in [0.717, 1.165) is 11.3 Å². The van der Waals surface area contributed by atoms with Crippen molar-refractivity contribution in [1.82, 2.24) is 4.90 Å². The molecule has 0 bridgehead atoms. The highest BCUT2D eigenvalue weighted by Gasteiger charge is 2.28. The molecule has 0 N–H and O–H groups in total. The van der Waals surface area contributed by atoms with Crippen molar-refractivity contribution >= 4 is 28.8 Å². The van der Waals surface area contributed by atoms with Gasteiger partial charge in [0.15, 0.2) is 6.61 Å². The molecule has 1 aromatic heterocycles. The first-order valence-electron chi connectivity index (χ1n) is 9.99. The lowest BCUT2D eigenvalue weighted by Gasteiger charge is -2.31. The van der Waals surface area contributed by atoms with Gasteiger partial charge in [-0.2, -0.15) is 0 Å². The predicted octanol–water partition coefficient (Wildman–Crippen LogP) is 4.05. The van der Waals surface area contributed by atoms with E-state index in [0.29, 0.717) is 24.5 Å². The van der Waals surface area contributed by atoms with Crippen molar-refractivity contribution in [3.05, 3.63) is 82.0 Å². The number of aryl methyl sites for hydroxylation is 1. The van der Waals surface area contributed by atoms with Crippen LogP contribution in [0.15, 0.2) is 66.7 Å². The molecule has 0 saturated heterocycles. The summed E-state index contributed by atoms with van der Waals surface area (Å²) < 4.78 is 5.50. The molecular weight excluding hydrogens is 396 g/mol. The van der Waals surface area contributed by atoms with E-state index in [1.165, 1.54) is 15.3 Å². The number of anilines is 1. The Morgan fingerprint density at radius 1 is 1.07 bits per heavy atom. The van der Waals surface area contributed by atoms with Crippen LogP contribution in [0.5, 0.6) is 5.75 Å². The fraction of sp³-hybridized carbons (Fsp3) is 0.250. The van der Waals surface area contributed by atoms with Crippen LogP contribution in [0.25, 0.3) is 0 Å². The van der Waals surface area contributed by atoms with Crippen molar-refractivity contribution in [3.63, 3.8) is 0 Å². The van der Waals surface area contributed by atoms with Crippen LogP contribution in [0.3, 0.4) is 0 Å². The van der Waals surface area contributed by atoms with E-state index in [2.05, 4.69) is 31.2 Å². The number of thiophene rings is 1. The maximum Gasteiger partial charge on any atom is 0.265 e. The fourth-order valence-electron chi connectivity index (χ4n) is 3.52. The number of carbonyl (C=O) groups excluding carboxylic acids is 2. The minimum atomic E-state index is -0.197. The van der Waals surface area contributed by atoms with Gasteiger partial charge in [0, 0.05) is 16.3 Å². The molecule has 0 radical (unpaired) electrons. The Bertz CT molecular complexity index is 1030. The van der Waals surface area contributed by atoms with Crippen molar-refractivity contribution in [2.24, 2.45) is 0 Å². The van der Waals surface area contributed by atoms with Gasteiger partial charge in [0.25, 0.3) is 5.91 Å². The van der Waals surface area contributed by atoms with Crippen LogP contribution >= 0.6 is 11.3 Å². The Kier molecular flexibility index (Phi) is 6.14. The van der Waals surface area contributed by atoms with Gasteiger partial charge >= 0.3 is 0 Å². The summed E-state index contributed by atoms with van der Waals surface area (Å²) >= 11 is 1.70. The number of fused-ring (bicyclic) bond motifs is 1. The lowest BCUT2D eigenvalue weighted by Crippen LogP contribution is -2.46. The Hall–Kier alpha value is -3.12. The van der Waals surface area contributed by atoms with Crippen molar-refractivity contribution in [1.29, 1.82) is 0 Å². The molecule has 2 aromatic carbocycles. The van der Waals surface area contributed by atoms with Crippen LogP contribution in [0.2, 0.25) is 0 Å². The molecule has 0 aliphatic carbocycles. The third-order valence-corrected chi connectivity index (χ3v) is 6.10. The van der Waals surface area contributed by atoms with E-state index < -0.39 is 0 Å². The highest BCUT2D eigenvalue weighted by atomic mass is 32.1. The van der Waals surface area contributed by atoms with Crippen molar-refractivity contribution in [2.75, 3.05) is 24.6 Å². The van der Waals surface area contributed by atoms with E-state index in [1.54, 1.807) is 11.3 Å². The van der Waals surface area contributed by atoms with Crippen LogP contribution in [-0.4, -0.2) is 36.4 Å². The third kappa shape index (κ3) is 4.71. The summed E-state index contributed by atoms with van der Waals surface area (Å²) in [6.45, 7) is 3.18. The van der Waals surface area contributed by atoms with Crippen LogP contribution in [0, 0.1) is 6.92 Å². The van der Waals surface area contributed by atoms with Crippen molar-refractivity contribution < 1.29 is 14.3 Å². The first-order chi connectivity index (χ1) is 14.6. The number of amides is 2. The standard InChI is InChI=1S/C24H24N2O3S/c1-18-11-12-20(30-18)15-25(14-13-19-7-3-2-4-8-19)23(27)16-26-21-9-5-6-10-22(21)29-17-24(26)28/h2-12H,13-17H2,1H3. The van der Waals surface area contributed by atoms with Gasteiger partial charge in [0.2, 0.25) is 5.91 Å². The molecule has 6 heteroatoms. The summed E-state index contributed by atoms with van der Waals surface area (Å²) in [5, 5.41) is 0. The van der Waals surface area contributed by atoms with Gasteiger partial charge in [-0.1, -0.05) is 42.5 Å². The highest BCUT2D eigenvalue weighted by molar-refractivity contribution is 7.11. The normalized spacial score (nSPS) is 13.0. The minimum Gasteiger partial charge on any atom is -0.482 e. The largest absolute Gasteiger partial charge is 0.482 e. The number of hydrogen-bond donors (Lipinski definition) is 0. The number of ether oxygens (including phenoxy) is 1. The second-order valence-corrected chi connectivity index (χ2v) is 8.67. The molecule has 3 aromatic rings. The number of carbonyl (C=O) groups is 2. The van der Waals surface area contributed by atoms with Gasteiger partial charge in [-0.05, 0) is 43.2 Å². The Morgan fingerprint density at radius 3 is 2.60 bits per heavy atom. The lowest BCUT2D eigenvalue weighted by molar-refractivity contribution is -0.132. The number of benzene rings is 2. The summed E-state index contributed by atoms with van der Waals surface area (Å²) in [6, 6.07) is 21.6. The van der Waals surface area contributed by atoms with E-state index in [-0.39, 0.29) is 25.0 Å². The number of para-hydroxylation sites is 2. The molecule has 5 nitrogen and oxygen atoms in total. The average Bonchev–Trinajstić information content (AvgIpc) is 3.18.